The number of anilines is 1. The first kappa shape index (κ1) is 14.1. The van der Waals surface area contributed by atoms with Gasteiger partial charge in [0.25, 0.3) is 5.92 Å². The van der Waals surface area contributed by atoms with Gasteiger partial charge >= 0.3 is 0 Å². The van der Waals surface area contributed by atoms with E-state index >= 15 is 0 Å². The Bertz CT molecular complexity index is 429. The van der Waals surface area contributed by atoms with Crippen molar-refractivity contribution in [2.45, 2.75) is 12.8 Å². The van der Waals surface area contributed by atoms with Crippen LogP contribution in [-0.4, -0.2) is 18.4 Å². The summed E-state index contributed by atoms with van der Waals surface area (Å²) in [5.41, 5.74) is 5.75. The van der Waals surface area contributed by atoms with E-state index in [9.17, 15) is 13.2 Å². The Balaban J connectivity index is 2.68. The zero-order valence-corrected chi connectivity index (χ0v) is 11.1. The highest BCUT2D eigenvalue weighted by Gasteiger charge is 2.20. The third-order valence-corrected chi connectivity index (χ3v) is 2.59. The van der Waals surface area contributed by atoms with Crippen molar-refractivity contribution in [3.63, 3.8) is 0 Å². The molecule has 7 heteroatoms. The van der Waals surface area contributed by atoms with Gasteiger partial charge in [-0.15, -0.1) is 0 Å². The number of hydrogen-bond acceptors (Lipinski definition) is 1. The molecule has 3 nitrogen and oxygen atoms in total. The number of halogens is 4. The number of aliphatic imine (C=N–C) groups is 1. The molecule has 3 N–H and O–H groups in total. The molecule has 0 fully saturated rings. The highest BCUT2D eigenvalue weighted by molar-refractivity contribution is 14.1. The number of nitrogens with zero attached hydrogens (tertiary/aromatic N) is 1. The van der Waals surface area contributed by atoms with Crippen molar-refractivity contribution in [1.29, 1.82) is 0 Å². The first-order valence-corrected chi connectivity index (χ1v) is 5.75. The van der Waals surface area contributed by atoms with Gasteiger partial charge in [0.05, 0.1) is 0 Å². The predicted octanol–water partition coefficient (Wildman–Crippen LogP) is 2.81. The molecule has 17 heavy (non-hydrogen) atoms. The SMILES string of the molecule is CC(F)(F)CN=C(N)Nc1ccc(I)c(F)c1. The van der Waals surface area contributed by atoms with E-state index in [1.807, 2.05) is 22.6 Å². The van der Waals surface area contributed by atoms with E-state index < -0.39 is 18.3 Å². The second-order valence-corrected chi connectivity index (χ2v) is 4.69. The molecule has 0 heterocycles. The van der Waals surface area contributed by atoms with Crippen molar-refractivity contribution < 1.29 is 13.2 Å². The molecule has 0 aliphatic carbocycles. The molecule has 0 saturated heterocycles. The van der Waals surface area contributed by atoms with Crippen LogP contribution in [-0.2, 0) is 0 Å². The van der Waals surface area contributed by atoms with Crippen molar-refractivity contribution in [2.24, 2.45) is 10.7 Å². The lowest BCUT2D eigenvalue weighted by Gasteiger charge is -2.09. The smallest absolute Gasteiger partial charge is 0.264 e. The van der Waals surface area contributed by atoms with Crippen LogP contribution in [0.5, 0.6) is 0 Å². The number of alkyl halides is 2. The molecule has 0 atom stereocenters. The van der Waals surface area contributed by atoms with Crippen LogP contribution in [0.2, 0.25) is 0 Å². The van der Waals surface area contributed by atoms with Crippen molar-refractivity contribution in [3.05, 3.63) is 27.6 Å². The largest absolute Gasteiger partial charge is 0.370 e. The van der Waals surface area contributed by atoms with Crippen LogP contribution < -0.4 is 11.1 Å². The lowest BCUT2D eigenvalue weighted by atomic mass is 10.3. The number of hydrogen-bond donors (Lipinski definition) is 2. The van der Waals surface area contributed by atoms with Gasteiger partial charge in [0.2, 0.25) is 0 Å². The normalized spacial score (nSPS) is 12.6. The first-order valence-electron chi connectivity index (χ1n) is 4.68. The summed E-state index contributed by atoms with van der Waals surface area (Å²) in [6, 6.07) is 4.34. The van der Waals surface area contributed by atoms with Gasteiger partial charge in [-0.05, 0) is 40.8 Å². The van der Waals surface area contributed by atoms with Gasteiger partial charge in [0.15, 0.2) is 5.96 Å². The average Bonchev–Trinajstić information content (AvgIpc) is 2.20. The Hall–Kier alpha value is -0.990. The summed E-state index contributed by atoms with van der Waals surface area (Å²) in [6.07, 6.45) is 0. The van der Waals surface area contributed by atoms with Crippen molar-refractivity contribution in [3.8, 4) is 0 Å². The molecule has 1 rings (SSSR count). The van der Waals surface area contributed by atoms with Crippen LogP contribution in [0.4, 0.5) is 18.9 Å². The molecule has 0 amide bonds. The molecule has 1 aromatic carbocycles. The molecule has 0 radical (unpaired) electrons. The number of guanidine groups is 1. The van der Waals surface area contributed by atoms with Gasteiger partial charge < -0.3 is 11.1 Å². The highest BCUT2D eigenvalue weighted by Crippen LogP contribution is 2.16. The fourth-order valence-corrected chi connectivity index (χ4v) is 1.32. The minimum absolute atomic E-state index is 0.174. The first-order chi connectivity index (χ1) is 7.78. The maximum atomic E-state index is 13.2. The average molecular weight is 357 g/mol. The lowest BCUT2D eigenvalue weighted by Crippen LogP contribution is -2.26. The minimum Gasteiger partial charge on any atom is -0.370 e. The maximum absolute atomic E-state index is 13.2. The summed E-state index contributed by atoms with van der Waals surface area (Å²) in [6.45, 7) is 0.0347. The number of rotatable bonds is 3. The lowest BCUT2D eigenvalue weighted by molar-refractivity contribution is 0.0326. The Morgan fingerprint density at radius 1 is 1.53 bits per heavy atom. The third kappa shape index (κ3) is 5.24. The predicted molar refractivity (Wildman–Crippen MR) is 69.9 cm³/mol. The molecule has 0 aliphatic rings. The fourth-order valence-electron chi connectivity index (χ4n) is 0.985. The van der Waals surface area contributed by atoms with Crippen LogP contribution >= 0.6 is 22.6 Å². The Morgan fingerprint density at radius 3 is 2.71 bits per heavy atom. The highest BCUT2D eigenvalue weighted by atomic mass is 127. The van der Waals surface area contributed by atoms with Crippen molar-refractivity contribution >= 4 is 34.2 Å². The molecule has 0 aromatic heterocycles. The van der Waals surface area contributed by atoms with Crippen LogP contribution in [0.25, 0.3) is 0 Å². The van der Waals surface area contributed by atoms with Crippen LogP contribution in [0.1, 0.15) is 6.92 Å². The Morgan fingerprint density at radius 2 is 2.18 bits per heavy atom. The molecule has 0 aliphatic heterocycles. The summed E-state index contributed by atoms with van der Waals surface area (Å²) < 4.78 is 38.6. The second-order valence-electron chi connectivity index (χ2n) is 3.53. The van der Waals surface area contributed by atoms with Gasteiger partial charge in [0, 0.05) is 16.2 Å². The summed E-state index contributed by atoms with van der Waals surface area (Å²) in [7, 11) is 0. The molecule has 0 spiro atoms. The molecule has 0 unspecified atom stereocenters. The quantitative estimate of drug-likeness (QED) is 0.497. The molecular formula is C10H11F3IN3. The van der Waals surface area contributed by atoms with Gasteiger partial charge in [0.1, 0.15) is 12.4 Å². The fraction of sp³-hybridized carbons (Fsp3) is 0.300. The van der Waals surface area contributed by atoms with E-state index in [2.05, 4.69) is 10.3 Å². The standard InChI is InChI=1S/C10H11F3IN3/c1-10(12,13)5-16-9(15)17-6-2-3-8(14)7(11)4-6/h2-4H,5H2,1H3,(H3,15,16,17). The van der Waals surface area contributed by atoms with E-state index in [0.717, 1.165) is 6.92 Å². The van der Waals surface area contributed by atoms with Crippen LogP contribution in [0.3, 0.4) is 0 Å². The summed E-state index contributed by atoms with van der Waals surface area (Å²) >= 11 is 1.84. The Kier molecular flexibility index (Phi) is 4.61. The minimum atomic E-state index is -2.91. The number of nitrogens with two attached hydrogens (primary N) is 1. The zero-order chi connectivity index (χ0) is 13.1. The Labute approximate surface area is 110 Å². The summed E-state index contributed by atoms with van der Waals surface area (Å²) in [5, 5.41) is 2.53. The van der Waals surface area contributed by atoms with E-state index in [0.29, 0.717) is 9.26 Å². The van der Waals surface area contributed by atoms with Gasteiger partial charge in [-0.2, -0.15) is 0 Å². The maximum Gasteiger partial charge on any atom is 0.264 e. The summed E-state index contributed by atoms with van der Waals surface area (Å²) in [5.74, 6) is -3.50. The molecule has 94 valence electrons. The van der Waals surface area contributed by atoms with Crippen molar-refractivity contribution in [1.82, 2.24) is 0 Å². The van der Waals surface area contributed by atoms with Gasteiger partial charge in [-0.25, -0.2) is 18.2 Å². The molecule has 0 bridgehead atoms. The van der Waals surface area contributed by atoms with Crippen LogP contribution in [0.15, 0.2) is 23.2 Å². The molecule has 0 saturated carbocycles. The van der Waals surface area contributed by atoms with E-state index in [-0.39, 0.29) is 5.96 Å². The zero-order valence-electron chi connectivity index (χ0n) is 8.98. The number of benzene rings is 1. The third-order valence-electron chi connectivity index (χ3n) is 1.72. The van der Waals surface area contributed by atoms with E-state index in [1.165, 1.54) is 6.07 Å². The number of nitrogens with one attached hydrogen (secondary N) is 1. The monoisotopic (exact) mass is 357 g/mol. The van der Waals surface area contributed by atoms with Gasteiger partial charge in [-0.3, -0.25) is 0 Å². The molecular weight excluding hydrogens is 346 g/mol. The van der Waals surface area contributed by atoms with Crippen LogP contribution in [0, 0.1) is 9.39 Å². The van der Waals surface area contributed by atoms with E-state index in [4.69, 9.17) is 5.73 Å². The van der Waals surface area contributed by atoms with E-state index in [1.54, 1.807) is 12.1 Å². The summed E-state index contributed by atoms with van der Waals surface area (Å²) in [4.78, 5) is 3.45. The van der Waals surface area contributed by atoms with Gasteiger partial charge in [-0.1, -0.05) is 0 Å². The second kappa shape index (κ2) is 5.56. The molecule has 1 aromatic rings. The van der Waals surface area contributed by atoms with Crippen molar-refractivity contribution in [2.75, 3.05) is 11.9 Å². The topological polar surface area (TPSA) is 50.4 Å².